The van der Waals surface area contributed by atoms with Gasteiger partial charge >= 0.3 is 0 Å². The van der Waals surface area contributed by atoms with Gasteiger partial charge in [0.1, 0.15) is 0 Å². The van der Waals surface area contributed by atoms with E-state index in [0.717, 1.165) is 13.1 Å². The molecule has 0 aliphatic heterocycles. The summed E-state index contributed by atoms with van der Waals surface area (Å²) in [6, 6.07) is 77.3. The summed E-state index contributed by atoms with van der Waals surface area (Å²) < 4.78 is 5.08. The van der Waals surface area contributed by atoms with Gasteiger partial charge in [-0.1, -0.05) is 176 Å². The van der Waals surface area contributed by atoms with Crippen molar-refractivity contribution in [1.29, 1.82) is 0 Å². The lowest BCUT2D eigenvalue weighted by Crippen LogP contribution is -1.98. The van der Waals surface area contributed by atoms with Gasteiger partial charge < -0.3 is 9.13 Å². The molecule has 13 aromatic rings. The van der Waals surface area contributed by atoms with Crippen LogP contribution in [0.15, 0.2) is 206 Å². The van der Waals surface area contributed by atoms with Gasteiger partial charge in [0.25, 0.3) is 0 Å². The first-order valence-corrected chi connectivity index (χ1v) is 22.7. The van der Waals surface area contributed by atoms with Crippen LogP contribution in [-0.2, 0) is 13.1 Å². The summed E-state index contributed by atoms with van der Waals surface area (Å²) in [5.74, 6) is 0. The van der Waals surface area contributed by atoms with Crippen LogP contribution in [0.25, 0.3) is 131 Å². The number of para-hydroxylation sites is 2. The SMILES string of the molecule is CCn1c2ccccc2c2cc3ccccc3c(-c3cccc4c(-c5ccc(-c6ccccc6)cc5)c5cccc(-c6c7ccccc7cc7c8ccccc8n(CC)c67)c5cc34)c21. The standard InChI is InChI=1S/C62H44N2/c1-3-63-56-30-14-12-24-46(56)54-36-42-20-8-10-22-44(42)59(61(54)63)50-28-16-26-48-52(50)38-53-49(58(48)41-34-32-40(33-35-41)39-18-6-5-7-19-39)27-17-29-51(53)60-45-23-11-9-21-43(45)37-55-47-25-13-15-31-57(47)64(4-2)62(55)60/h5-38H,3-4H2,1-2H3. The Hall–Kier alpha value is -7.94. The molecule has 64 heavy (non-hydrogen) atoms. The van der Waals surface area contributed by atoms with Crippen molar-refractivity contribution >= 4 is 86.7 Å². The van der Waals surface area contributed by atoms with Crippen LogP contribution in [0.3, 0.4) is 0 Å². The van der Waals surface area contributed by atoms with Gasteiger partial charge in [-0.2, -0.15) is 0 Å². The molecular weight excluding hydrogens is 773 g/mol. The molecule has 0 spiro atoms. The minimum atomic E-state index is 0.870. The molecule has 2 nitrogen and oxygen atoms in total. The molecule has 0 radical (unpaired) electrons. The lowest BCUT2D eigenvalue weighted by atomic mass is 9.84. The zero-order valence-corrected chi connectivity index (χ0v) is 35.9. The molecule has 0 aliphatic rings. The number of aromatic nitrogens is 2. The average Bonchev–Trinajstić information content (AvgIpc) is 3.85. The van der Waals surface area contributed by atoms with Gasteiger partial charge in [-0.3, -0.25) is 0 Å². The molecular formula is C62H44N2. The molecule has 0 amide bonds. The normalized spacial score (nSPS) is 12.0. The van der Waals surface area contributed by atoms with Gasteiger partial charge in [-0.15, -0.1) is 0 Å². The highest BCUT2D eigenvalue weighted by Gasteiger charge is 2.24. The topological polar surface area (TPSA) is 9.86 Å². The molecule has 11 aromatic carbocycles. The van der Waals surface area contributed by atoms with Gasteiger partial charge in [-0.05, 0) is 121 Å². The highest BCUT2D eigenvalue weighted by molar-refractivity contribution is 6.28. The lowest BCUT2D eigenvalue weighted by molar-refractivity contribution is 0.828. The third kappa shape index (κ3) is 5.26. The minimum Gasteiger partial charge on any atom is -0.340 e. The van der Waals surface area contributed by atoms with Crippen molar-refractivity contribution in [3.63, 3.8) is 0 Å². The monoisotopic (exact) mass is 816 g/mol. The van der Waals surface area contributed by atoms with Crippen LogP contribution in [0.4, 0.5) is 0 Å². The molecule has 2 heteroatoms. The molecule has 0 bridgehead atoms. The highest BCUT2D eigenvalue weighted by Crippen LogP contribution is 2.49. The smallest absolute Gasteiger partial charge is 0.0577 e. The summed E-state index contributed by atoms with van der Waals surface area (Å²) in [4.78, 5) is 0. The third-order valence-corrected chi connectivity index (χ3v) is 14.0. The molecule has 0 N–H and O–H groups in total. The summed E-state index contributed by atoms with van der Waals surface area (Å²) >= 11 is 0. The molecule has 2 aromatic heterocycles. The van der Waals surface area contributed by atoms with Crippen LogP contribution >= 0.6 is 0 Å². The summed E-state index contributed by atoms with van der Waals surface area (Å²) in [7, 11) is 0. The van der Waals surface area contributed by atoms with Crippen LogP contribution in [0.2, 0.25) is 0 Å². The van der Waals surface area contributed by atoms with E-state index < -0.39 is 0 Å². The zero-order chi connectivity index (χ0) is 42.5. The number of aryl methyl sites for hydroxylation is 2. The predicted molar refractivity (Wildman–Crippen MR) is 276 cm³/mol. The van der Waals surface area contributed by atoms with E-state index in [1.807, 2.05) is 0 Å². The second-order valence-corrected chi connectivity index (χ2v) is 17.3. The fourth-order valence-electron chi connectivity index (χ4n) is 11.3. The molecule has 0 saturated carbocycles. The number of fused-ring (bicyclic) bond motifs is 10. The maximum absolute atomic E-state index is 2.54. The first-order valence-electron chi connectivity index (χ1n) is 22.7. The van der Waals surface area contributed by atoms with Gasteiger partial charge in [0.15, 0.2) is 0 Å². The molecule has 0 unspecified atom stereocenters. The van der Waals surface area contributed by atoms with Crippen LogP contribution in [0, 0.1) is 0 Å². The maximum Gasteiger partial charge on any atom is 0.0577 e. The summed E-state index contributed by atoms with van der Waals surface area (Å²) in [5, 5.41) is 15.2. The van der Waals surface area contributed by atoms with Crippen LogP contribution < -0.4 is 0 Å². The van der Waals surface area contributed by atoms with Gasteiger partial charge in [-0.25, -0.2) is 0 Å². The number of hydrogen-bond donors (Lipinski definition) is 0. The fraction of sp³-hybridized carbons (Fsp3) is 0.0645. The zero-order valence-electron chi connectivity index (χ0n) is 35.9. The van der Waals surface area contributed by atoms with Gasteiger partial charge in [0, 0.05) is 56.8 Å². The third-order valence-electron chi connectivity index (χ3n) is 14.0. The summed E-state index contributed by atoms with van der Waals surface area (Å²) in [6.07, 6.45) is 0. The lowest BCUT2D eigenvalue weighted by Gasteiger charge is -2.20. The Labute approximate surface area is 371 Å². The molecule has 0 saturated heterocycles. The van der Waals surface area contributed by atoms with E-state index in [4.69, 9.17) is 0 Å². The minimum absolute atomic E-state index is 0.870. The predicted octanol–water partition coefficient (Wildman–Crippen LogP) is 17.2. The van der Waals surface area contributed by atoms with E-state index in [1.165, 1.54) is 131 Å². The fourth-order valence-corrected chi connectivity index (χ4v) is 11.3. The Balaban J connectivity index is 1.21. The van der Waals surface area contributed by atoms with Crippen molar-refractivity contribution in [2.75, 3.05) is 0 Å². The van der Waals surface area contributed by atoms with Crippen LogP contribution in [0.1, 0.15) is 13.8 Å². The maximum atomic E-state index is 2.54. The van der Waals surface area contributed by atoms with E-state index in [-0.39, 0.29) is 0 Å². The van der Waals surface area contributed by atoms with E-state index in [1.54, 1.807) is 0 Å². The van der Waals surface area contributed by atoms with Gasteiger partial charge in [0.2, 0.25) is 0 Å². The Morgan fingerprint density at radius 2 is 0.688 bits per heavy atom. The quantitative estimate of drug-likeness (QED) is 0.148. The number of hydrogen-bond acceptors (Lipinski definition) is 0. The van der Waals surface area contributed by atoms with Crippen molar-refractivity contribution in [3.05, 3.63) is 206 Å². The highest BCUT2D eigenvalue weighted by atomic mass is 15.0. The van der Waals surface area contributed by atoms with E-state index in [2.05, 4.69) is 229 Å². The summed E-state index contributed by atoms with van der Waals surface area (Å²) in [5.41, 5.74) is 15.1. The molecule has 0 fully saturated rings. The van der Waals surface area contributed by atoms with Crippen molar-refractivity contribution < 1.29 is 0 Å². The molecule has 0 atom stereocenters. The average molecular weight is 817 g/mol. The Morgan fingerprint density at radius 3 is 1.19 bits per heavy atom. The second-order valence-electron chi connectivity index (χ2n) is 17.3. The van der Waals surface area contributed by atoms with Crippen LogP contribution in [-0.4, -0.2) is 9.13 Å². The van der Waals surface area contributed by atoms with E-state index in [0.29, 0.717) is 0 Å². The largest absolute Gasteiger partial charge is 0.340 e. The van der Waals surface area contributed by atoms with Crippen LogP contribution in [0.5, 0.6) is 0 Å². The number of rotatable bonds is 6. The van der Waals surface area contributed by atoms with E-state index in [9.17, 15) is 0 Å². The first-order chi connectivity index (χ1) is 31.7. The van der Waals surface area contributed by atoms with Crippen molar-refractivity contribution in [3.8, 4) is 44.5 Å². The molecule has 2 heterocycles. The summed E-state index contributed by atoms with van der Waals surface area (Å²) in [6.45, 7) is 6.31. The molecule has 13 rings (SSSR count). The van der Waals surface area contributed by atoms with E-state index >= 15 is 0 Å². The molecule has 0 aliphatic carbocycles. The number of benzene rings is 11. The Kier molecular flexibility index (Phi) is 8.20. The Morgan fingerprint density at radius 1 is 0.281 bits per heavy atom. The first kappa shape index (κ1) is 36.7. The molecule has 302 valence electrons. The Bertz CT molecular complexity index is 3800. The van der Waals surface area contributed by atoms with Crippen molar-refractivity contribution in [2.24, 2.45) is 0 Å². The van der Waals surface area contributed by atoms with Gasteiger partial charge in [0.05, 0.1) is 11.0 Å². The second kappa shape index (κ2) is 14.3. The number of nitrogens with zero attached hydrogens (tertiary/aromatic N) is 2. The van der Waals surface area contributed by atoms with Crippen molar-refractivity contribution in [2.45, 2.75) is 26.9 Å². The van der Waals surface area contributed by atoms with Crippen molar-refractivity contribution in [1.82, 2.24) is 9.13 Å².